The molecule has 1 aliphatic rings. The first-order chi connectivity index (χ1) is 12.4. The van der Waals surface area contributed by atoms with Gasteiger partial charge in [0, 0.05) is 31.6 Å². The van der Waals surface area contributed by atoms with Gasteiger partial charge in [0.2, 0.25) is 0 Å². The fourth-order valence-electron chi connectivity index (χ4n) is 3.15. The zero-order valence-electron chi connectivity index (χ0n) is 16.0. The van der Waals surface area contributed by atoms with E-state index in [1.165, 1.54) is 0 Å². The third-order valence-corrected chi connectivity index (χ3v) is 4.32. The van der Waals surface area contributed by atoms with Crippen LogP contribution in [-0.2, 0) is 19.4 Å². The molecule has 0 aliphatic carbocycles. The second kappa shape index (κ2) is 7.80. The minimum atomic E-state index is -0.101. The molecule has 8 nitrogen and oxygen atoms in total. The van der Waals surface area contributed by atoms with E-state index in [0.29, 0.717) is 18.2 Å². The maximum atomic E-state index is 12.2. The van der Waals surface area contributed by atoms with E-state index in [0.717, 1.165) is 61.2 Å². The molecule has 0 fully saturated rings. The minimum absolute atomic E-state index is 0.101. The molecule has 8 heteroatoms. The Balaban J connectivity index is 1.70. The molecule has 140 valence electrons. The molecule has 2 aromatic rings. The molecule has 26 heavy (non-hydrogen) atoms. The van der Waals surface area contributed by atoms with Crippen LogP contribution >= 0.6 is 0 Å². The number of anilines is 1. The Kier molecular flexibility index (Phi) is 5.49. The van der Waals surface area contributed by atoms with Crippen LogP contribution in [0, 0.1) is 19.8 Å². The lowest BCUT2D eigenvalue weighted by atomic mass is 10.0. The van der Waals surface area contributed by atoms with E-state index in [4.69, 9.17) is 0 Å². The second-order valence-corrected chi connectivity index (χ2v) is 7.13. The second-order valence-electron chi connectivity index (χ2n) is 7.13. The topological polar surface area (TPSA) is 97.6 Å². The van der Waals surface area contributed by atoms with E-state index in [9.17, 15) is 4.79 Å². The quantitative estimate of drug-likeness (QED) is 0.732. The summed E-state index contributed by atoms with van der Waals surface area (Å²) in [6.07, 6.45) is 2.41. The van der Waals surface area contributed by atoms with E-state index >= 15 is 0 Å². The average Bonchev–Trinajstić information content (AvgIpc) is 2.89. The van der Waals surface area contributed by atoms with Gasteiger partial charge in [-0.2, -0.15) is 5.10 Å². The highest BCUT2D eigenvalue weighted by Crippen LogP contribution is 2.21. The van der Waals surface area contributed by atoms with E-state index in [1.807, 2.05) is 18.5 Å². The normalized spacial score (nSPS) is 13.7. The van der Waals surface area contributed by atoms with Gasteiger partial charge in [-0.3, -0.25) is 9.48 Å². The molecule has 0 spiro atoms. The van der Waals surface area contributed by atoms with Crippen LogP contribution in [0.3, 0.4) is 0 Å². The number of nitrogens with zero attached hydrogens (tertiary/aromatic N) is 5. The lowest BCUT2D eigenvalue weighted by Crippen LogP contribution is -2.34. The van der Waals surface area contributed by atoms with Crippen molar-refractivity contribution < 1.29 is 4.79 Å². The molecule has 0 aromatic carbocycles. The van der Waals surface area contributed by atoms with Crippen LogP contribution in [-0.4, -0.2) is 43.7 Å². The first kappa shape index (κ1) is 18.3. The van der Waals surface area contributed by atoms with Gasteiger partial charge in [0.1, 0.15) is 29.0 Å². The number of rotatable bonds is 7. The summed E-state index contributed by atoms with van der Waals surface area (Å²) in [6, 6.07) is 0. The largest absolute Gasteiger partial charge is 0.370 e. The van der Waals surface area contributed by atoms with Gasteiger partial charge >= 0.3 is 0 Å². The van der Waals surface area contributed by atoms with E-state index in [2.05, 4.69) is 44.5 Å². The molecule has 0 unspecified atom stereocenters. The molecule has 0 radical (unpaired) electrons. The highest BCUT2D eigenvalue weighted by Gasteiger charge is 2.23. The molecule has 1 aliphatic heterocycles. The van der Waals surface area contributed by atoms with E-state index in [-0.39, 0.29) is 5.91 Å². The van der Waals surface area contributed by atoms with Crippen molar-refractivity contribution in [3.63, 3.8) is 0 Å². The number of aryl methyl sites for hydroxylation is 3. The van der Waals surface area contributed by atoms with Crippen molar-refractivity contribution in [2.75, 3.05) is 18.4 Å². The van der Waals surface area contributed by atoms with Gasteiger partial charge in [0.05, 0.1) is 0 Å². The lowest BCUT2D eigenvalue weighted by molar-refractivity contribution is 0.0940. The first-order valence-electron chi connectivity index (χ1n) is 9.24. The van der Waals surface area contributed by atoms with Crippen molar-refractivity contribution in [3.8, 4) is 0 Å². The Bertz CT molecular complexity index is 797. The highest BCUT2D eigenvalue weighted by atomic mass is 16.1. The standard InChI is InChI=1S/C18H27N7O/c1-11(2)10-15-22-16-14(6-8-20-18(16)26)17(23-15)19-7-5-9-25-13(4)21-12(3)24-25/h11H,5-10H2,1-4H3,(H,20,26)(H,19,22,23). The molecule has 0 saturated carbocycles. The third kappa shape index (κ3) is 4.17. The third-order valence-electron chi connectivity index (χ3n) is 4.32. The summed E-state index contributed by atoms with van der Waals surface area (Å²) in [4.78, 5) is 25.7. The fourth-order valence-corrected chi connectivity index (χ4v) is 3.15. The average molecular weight is 357 g/mol. The summed E-state index contributed by atoms with van der Waals surface area (Å²) < 4.78 is 1.92. The Labute approximate surface area is 153 Å². The summed E-state index contributed by atoms with van der Waals surface area (Å²) in [7, 11) is 0. The van der Waals surface area contributed by atoms with Gasteiger partial charge < -0.3 is 10.6 Å². The summed E-state index contributed by atoms with van der Waals surface area (Å²) in [5.41, 5.74) is 1.45. The highest BCUT2D eigenvalue weighted by molar-refractivity contribution is 5.95. The van der Waals surface area contributed by atoms with Crippen LogP contribution < -0.4 is 10.6 Å². The number of fused-ring (bicyclic) bond motifs is 1. The molecule has 3 rings (SSSR count). The Morgan fingerprint density at radius 2 is 2.04 bits per heavy atom. The van der Waals surface area contributed by atoms with Gasteiger partial charge in [-0.1, -0.05) is 13.8 Å². The van der Waals surface area contributed by atoms with Crippen LogP contribution in [0.5, 0.6) is 0 Å². The van der Waals surface area contributed by atoms with Crippen LogP contribution in [0.4, 0.5) is 5.82 Å². The monoisotopic (exact) mass is 357 g/mol. The van der Waals surface area contributed by atoms with Crippen molar-refractivity contribution in [3.05, 3.63) is 28.7 Å². The molecule has 0 bridgehead atoms. The van der Waals surface area contributed by atoms with Crippen LogP contribution in [0.2, 0.25) is 0 Å². The molecule has 2 aromatic heterocycles. The van der Waals surface area contributed by atoms with E-state index in [1.54, 1.807) is 0 Å². The molecule has 2 N–H and O–H groups in total. The zero-order valence-corrected chi connectivity index (χ0v) is 16.0. The fraction of sp³-hybridized carbons (Fsp3) is 0.611. The van der Waals surface area contributed by atoms with E-state index < -0.39 is 0 Å². The van der Waals surface area contributed by atoms with Gasteiger partial charge in [0.15, 0.2) is 0 Å². The number of carbonyl (C=O) groups is 1. The smallest absolute Gasteiger partial charge is 0.270 e. The maximum Gasteiger partial charge on any atom is 0.270 e. The van der Waals surface area contributed by atoms with Crippen molar-refractivity contribution in [2.45, 2.75) is 53.5 Å². The molecule has 0 atom stereocenters. The summed E-state index contributed by atoms with van der Waals surface area (Å²) in [5.74, 6) is 3.58. The Morgan fingerprint density at radius 3 is 2.73 bits per heavy atom. The number of carbonyl (C=O) groups excluding carboxylic acids is 1. The molecule has 3 heterocycles. The Hall–Kier alpha value is -2.51. The van der Waals surface area contributed by atoms with Crippen molar-refractivity contribution >= 4 is 11.7 Å². The zero-order chi connectivity index (χ0) is 18.7. The van der Waals surface area contributed by atoms with Crippen molar-refractivity contribution in [2.24, 2.45) is 5.92 Å². The van der Waals surface area contributed by atoms with Crippen LogP contribution in [0.25, 0.3) is 0 Å². The number of hydrogen-bond donors (Lipinski definition) is 2. The summed E-state index contributed by atoms with van der Waals surface area (Å²) in [5, 5.41) is 10.7. The van der Waals surface area contributed by atoms with Crippen molar-refractivity contribution in [1.29, 1.82) is 0 Å². The predicted molar refractivity (Wildman–Crippen MR) is 99.2 cm³/mol. The number of amides is 1. The molecular weight excluding hydrogens is 330 g/mol. The Morgan fingerprint density at radius 1 is 1.23 bits per heavy atom. The lowest BCUT2D eigenvalue weighted by Gasteiger charge is -2.20. The summed E-state index contributed by atoms with van der Waals surface area (Å²) in [6.45, 7) is 10.3. The minimum Gasteiger partial charge on any atom is -0.370 e. The maximum absolute atomic E-state index is 12.2. The number of hydrogen-bond acceptors (Lipinski definition) is 6. The SMILES string of the molecule is Cc1nc(C)n(CCCNc2nc(CC(C)C)nc3c2CCNC3=O)n1. The first-order valence-corrected chi connectivity index (χ1v) is 9.24. The number of nitrogens with one attached hydrogen (secondary N) is 2. The predicted octanol–water partition coefficient (Wildman–Crippen LogP) is 1.67. The molecular formula is C18H27N7O. The van der Waals surface area contributed by atoms with Gasteiger partial charge in [0.25, 0.3) is 5.91 Å². The van der Waals surface area contributed by atoms with Crippen LogP contribution in [0.15, 0.2) is 0 Å². The number of aromatic nitrogens is 5. The van der Waals surface area contributed by atoms with Gasteiger partial charge in [-0.15, -0.1) is 0 Å². The van der Waals surface area contributed by atoms with Crippen LogP contribution in [0.1, 0.15) is 53.8 Å². The van der Waals surface area contributed by atoms with Gasteiger partial charge in [-0.05, 0) is 32.6 Å². The molecule has 1 amide bonds. The molecule has 0 saturated heterocycles. The van der Waals surface area contributed by atoms with Crippen molar-refractivity contribution in [1.82, 2.24) is 30.0 Å². The summed E-state index contributed by atoms with van der Waals surface area (Å²) >= 11 is 0. The van der Waals surface area contributed by atoms with Gasteiger partial charge in [-0.25, -0.2) is 15.0 Å².